The smallest absolute Gasteiger partial charge is 0.326 e. The molecule has 2 heterocycles. The number of aromatic nitrogens is 2. The van der Waals surface area contributed by atoms with E-state index < -0.39 is 17.9 Å². The molecule has 0 bridgehead atoms. The molecule has 0 saturated heterocycles. The summed E-state index contributed by atoms with van der Waals surface area (Å²) in [6, 6.07) is 3.29. The molecule has 0 aliphatic heterocycles. The fourth-order valence-corrected chi connectivity index (χ4v) is 4.18. The lowest BCUT2D eigenvalue weighted by Crippen LogP contribution is -2.42. The maximum atomic E-state index is 12.5. The number of ether oxygens (including phenoxy) is 1. The molecular weight excluding hydrogens is 430 g/mol. The number of halogens is 1. The van der Waals surface area contributed by atoms with Crippen molar-refractivity contribution in [3.8, 4) is 0 Å². The van der Waals surface area contributed by atoms with E-state index in [2.05, 4.69) is 22.4 Å². The summed E-state index contributed by atoms with van der Waals surface area (Å²) in [4.78, 5) is 32.7. The van der Waals surface area contributed by atoms with Crippen LogP contribution in [0.15, 0.2) is 24.5 Å². The number of carbonyl (C=O) groups is 2. The highest BCUT2D eigenvalue weighted by Gasteiger charge is 2.23. The molecule has 1 atom stereocenters. The number of hydrogen-bond donors (Lipinski definition) is 2. The SMILES string of the molecule is Cc1cncc(Cl)c1C(=O)N[C@@H](CCOCCCCc1ccc2c(n1)CCCC2)C(=O)O. The molecule has 0 aromatic carbocycles. The molecule has 2 aromatic rings. The van der Waals surface area contributed by atoms with E-state index >= 15 is 0 Å². The van der Waals surface area contributed by atoms with Gasteiger partial charge in [-0.25, -0.2) is 4.79 Å². The summed E-state index contributed by atoms with van der Waals surface area (Å²) in [7, 11) is 0. The van der Waals surface area contributed by atoms with Crippen LogP contribution >= 0.6 is 11.6 Å². The van der Waals surface area contributed by atoms with Crippen molar-refractivity contribution < 1.29 is 19.4 Å². The van der Waals surface area contributed by atoms with Crippen molar-refractivity contribution in [3.05, 3.63) is 57.6 Å². The highest BCUT2D eigenvalue weighted by molar-refractivity contribution is 6.33. The van der Waals surface area contributed by atoms with Crippen LogP contribution in [-0.4, -0.2) is 46.2 Å². The number of aliphatic carboxylic acids is 1. The fourth-order valence-electron chi connectivity index (χ4n) is 3.89. The van der Waals surface area contributed by atoms with Gasteiger partial charge in [0.2, 0.25) is 0 Å². The molecule has 172 valence electrons. The van der Waals surface area contributed by atoms with Crippen LogP contribution in [-0.2, 0) is 28.8 Å². The van der Waals surface area contributed by atoms with Gasteiger partial charge in [0.25, 0.3) is 5.91 Å². The number of hydrogen-bond acceptors (Lipinski definition) is 5. The quantitative estimate of drug-likeness (QED) is 0.494. The molecule has 0 fully saturated rings. The van der Waals surface area contributed by atoms with Gasteiger partial charge in [-0.3, -0.25) is 14.8 Å². The average molecular weight is 460 g/mol. The van der Waals surface area contributed by atoms with E-state index in [1.807, 2.05) is 0 Å². The largest absolute Gasteiger partial charge is 0.480 e. The molecule has 1 aliphatic rings. The second kappa shape index (κ2) is 11.9. The van der Waals surface area contributed by atoms with Gasteiger partial charge in [0.05, 0.1) is 10.6 Å². The highest BCUT2D eigenvalue weighted by Crippen LogP contribution is 2.20. The second-order valence-electron chi connectivity index (χ2n) is 8.15. The van der Waals surface area contributed by atoms with E-state index in [-0.39, 0.29) is 23.6 Å². The Morgan fingerprint density at radius 3 is 2.78 bits per heavy atom. The Kier molecular flexibility index (Phi) is 9.00. The van der Waals surface area contributed by atoms with Gasteiger partial charge >= 0.3 is 5.97 Å². The van der Waals surface area contributed by atoms with E-state index in [1.165, 1.54) is 36.5 Å². The minimum absolute atomic E-state index is 0.176. The van der Waals surface area contributed by atoms with Gasteiger partial charge in [-0.1, -0.05) is 17.7 Å². The van der Waals surface area contributed by atoms with Gasteiger partial charge in [-0.15, -0.1) is 0 Å². The van der Waals surface area contributed by atoms with Crippen LogP contribution in [0.5, 0.6) is 0 Å². The van der Waals surface area contributed by atoms with Crippen LogP contribution in [0.4, 0.5) is 0 Å². The molecule has 2 aromatic heterocycles. The first-order chi connectivity index (χ1) is 15.5. The molecule has 32 heavy (non-hydrogen) atoms. The number of pyridine rings is 2. The van der Waals surface area contributed by atoms with Crippen molar-refractivity contribution in [2.75, 3.05) is 13.2 Å². The zero-order chi connectivity index (χ0) is 22.9. The molecule has 0 saturated carbocycles. The summed E-state index contributed by atoms with van der Waals surface area (Å²) < 4.78 is 5.61. The maximum absolute atomic E-state index is 12.5. The Morgan fingerprint density at radius 2 is 2.00 bits per heavy atom. The summed E-state index contributed by atoms with van der Waals surface area (Å²) in [5, 5.41) is 12.2. The van der Waals surface area contributed by atoms with Gasteiger partial charge in [0, 0.05) is 43.4 Å². The minimum Gasteiger partial charge on any atom is -0.480 e. The molecule has 1 amide bonds. The van der Waals surface area contributed by atoms with E-state index in [0.717, 1.165) is 37.8 Å². The predicted molar refractivity (Wildman–Crippen MR) is 122 cm³/mol. The number of nitrogens with one attached hydrogen (secondary N) is 1. The first-order valence-electron chi connectivity index (χ1n) is 11.1. The van der Waals surface area contributed by atoms with Crippen molar-refractivity contribution >= 4 is 23.5 Å². The van der Waals surface area contributed by atoms with E-state index in [0.29, 0.717) is 12.2 Å². The summed E-state index contributed by atoms with van der Waals surface area (Å²) >= 11 is 6.04. The first-order valence-corrected chi connectivity index (χ1v) is 11.5. The summed E-state index contributed by atoms with van der Waals surface area (Å²) in [5.74, 6) is -1.64. The molecule has 0 unspecified atom stereocenters. The number of nitrogens with zero attached hydrogens (tertiary/aromatic N) is 2. The molecule has 0 spiro atoms. The summed E-state index contributed by atoms with van der Waals surface area (Å²) in [5.41, 5.74) is 4.61. The topological polar surface area (TPSA) is 101 Å². The molecule has 7 nitrogen and oxygen atoms in total. The van der Waals surface area contributed by atoms with Crippen molar-refractivity contribution in [2.24, 2.45) is 0 Å². The van der Waals surface area contributed by atoms with Gasteiger partial charge in [0.1, 0.15) is 6.04 Å². The van der Waals surface area contributed by atoms with Crippen LogP contribution in [0.3, 0.4) is 0 Å². The lowest BCUT2D eigenvalue weighted by atomic mass is 9.95. The Balaban J connectivity index is 1.36. The molecule has 3 rings (SSSR count). The number of carboxylic acid groups (broad SMARTS) is 1. The highest BCUT2D eigenvalue weighted by atomic mass is 35.5. The third kappa shape index (κ3) is 6.74. The summed E-state index contributed by atoms with van der Waals surface area (Å²) in [6.07, 6.45) is 10.5. The third-order valence-corrected chi connectivity index (χ3v) is 5.96. The summed E-state index contributed by atoms with van der Waals surface area (Å²) in [6.45, 7) is 2.49. The number of rotatable bonds is 11. The number of carboxylic acids is 1. The maximum Gasteiger partial charge on any atom is 0.326 e. The molecular formula is C24H30ClN3O4. The molecule has 2 N–H and O–H groups in total. The fraction of sp³-hybridized carbons (Fsp3) is 0.500. The predicted octanol–water partition coefficient (Wildman–Crippen LogP) is 3.93. The van der Waals surface area contributed by atoms with Gasteiger partial charge in [-0.05, 0) is 69.1 Å². The molecule has 1 aliphatic carbocycles. The Hall–Kier alpha value is -2.51. The first kappa shape index (κ1) is 24.1. The Bertz CT molecular complexity index is 931. The zero-order valence-corrected chi connectivity index (χ0v) is 19.2. The lowest BCUT2D eigenvalue weighted by Gasteiger charge is -2.16. The van der Waals surface area contributed by atoms with Crippen molar-refractivity contribution in [3.63, 3.8) is 0 Å². The van der Waals surface area contributed by atoms with Gasteiger partial charge < -0.3 is 15.2 Å². The monoisotopic (exact) mass is 459 g/mol. The number of amides is 1. The number of unbranched alkanes of at least 4 members (excludes halogenated alkanes) is 1. The average Bonchev–Trinajstić information content (AvgIpc) is 2.77. The van der Waals surface area contributed by atoms with Crippen LogP contribution < -0.4 is 5.32 Å². The minimum atomic E-state index is -1.11. The van der Waals surface area contributed by atoms with Crippen LogP contribution in [0, 0.1) is 6.92 Å². The van der Waals surface area contributed by atoms with Gasteiger partial charge in [0.15, 0.2) is 0 Å². The van der Waals surface area contributed by atoms with E-state index in [1.54, 1.807) is 6.92 Å². The third-order valence-electron chi connectivity index (χ3n) is 5.68. The van der Waals surface area contributed by atoms with E-state index in [9.17, 15) is 14.7 Å². The number of fused-ring (bicyclic) bond motifs is 1. The van der Waals surface area contributed by atoms with Crippen molar-refractivity contribution in [2.45, 2.75) is 64.3 Å². The lowest BCUT2D eigenvalue weighted by molar-refractivity contribution is -0.139. The van der Waals surface area contributed by atoms with E-state index in [4.69, 9.17) is 21.3 Å². The molecule has 8 heteroatoms. The van der Waals surface area contributed by atoms with Gasteiger partial charge in [-0.2, -0.15) is 0 Å². The van der Waals surface area contributed by atoms with Crippen LogP contribution in [0.2, 0.25) is 5.02 Å². The Labute approximate surface area is 193 Å². The van der Waals surface area contributed by atoms with Crippen LogP contribution in [0.25, 0.3) is 0 Å². The molecule has 0 radical (unpaired) electrons. The Morgan fingerprint density at radius 1 is 1.19 bits per heavy atom. The number of aryl methyl sites for hydroxylation is 4. The number of carbonyl (C=O) groups excluding carboxylic acids is 1. The standard InChI is InChI=1S/C24H30ClN3O4/c1-16-14-26-15-19(25)22(16)23(29)28-21(24(30)31)11-13-32-12-5-4-7-18-10-9-17-6-2-3-8-20(17)27-18/h9-10,14-15,21H,2-8,11-13H2,1H3,(H,28,29)(H,30,31)/t21-/m0/s1. The normalized spacial score (nSPS) is 13.9. The zero-order valence-electron chi connectivity index (χ0n) is 18.4. The van der Waals surface area contributed by atoms with Crippen LogP contribution in [0.1, 0.15) is 65.0 Å². The second-order valence-corrected chi connectivity index (χ2v) is 8.56. The van der Waals surface area contributed by atoms with Crippen molar-refractivity contribution in [1.82, 2.24) is 15.3 Å². The van der Waals surface area contributed by atoms with Crippen molar-refractivity contribution in [1.29, 1.82) is 0 Å².